The van der Waals surface area contributed by atoms with Crippen molar-refractivity contribution in [3.8, 4) is 5.75 Å². The van der Waals surface area contributed by atoms with Crippen LogP contribution in [-0.4, -0.2) is 60.2 Å². The minimum Gasteiger partial charge on any atom is -0.406 e. The van der Waals surface area contributed by atoms with Crippen molar-refractivity contribution in [3.63, 3.8) is 0 Å². The van der Waals surface area contributed by atoms with Gasteiger partial charge in [-0.3, -0.25) is 14.5 Å². The molecule has 1 aliphatic heterocycles. The minimum atomic E-state index is -4.70. The van der Waals surface area contributed by atoms with Crippen LogP contribution >= 0.6 is 0 Å². The molecule has 1 saturated heterocycles. The van der Waals surface area contributed by atoms with Gasteiger partial charge in [0, 0.05) is 38.1 Å². The summed E-state index contributed by atoms with van der Waals surface area (Å²) >= 11 is 0. The summed E-state index contributed by atoms with van der Waals surface area (Å²) < 4.78 is 40.5. The highest BCUT2D eigenvalue weighted by atomic mass is 19.4. The summed E-state index contributed by atoms with van der Waals surface area (Å²) in [5.41, 5.74) is 0.304. The van der Waals surface area contributed by atoms with Gasteiger partial charge in [-0.05, 0) is 24.6 Å². The maximum atomic E-state index is 12.6. The van der Waals surface area contributed by atoms with Crippen LogP contribution in [0.25, 0.3) is 0 Å². The lowest BCUT2D eigenvalue weighted by Gasteiger charge is -2.36. The predicted molar refractivity (Wildman–Crippen MR) is 102 cm³/mol. The zero-order chi connectivity index (χ0) is 21.8. The number of carbonyl (C=O) groups is 2. The summed E-state index contributed by atoms with van der Waals surface area (Å²) in [5.74, 6) is -0.534. The summed E-state index contributed by atoms with van der Waals surface area (Å²) in [6, 6.07) is 5.20. The number of piperazine rings is 1. The first-order valence-electron chi connectivity index (χ1n) is 9.52. The number of rotatable bonds is 5. The van der Waals surface area contributed by atoms with Crippen LogP contribution in [0.4, 0.5) is 13.2 Å². The summed E-state index contributed by atoms with van der Waals surface area (Å²) in [7, 11) is 0. The predicted octanol–water partition coefficient (Wildman–Crippen LogP) is 2.78. The molecule has 0 radical (unpaired) electrons. The Hall–Kier alpha value is -2.29. The normalized spacial score (nSPS) is 17.0. The molecule has 0 aliphatic carbocycles. The van der Waals surface area contributed by atoms with E-state index in [1.165, 1.54) is 12.1 Å². The van der Waals surface area contributed by atoms with Gasteiger partial charge in [0.05, 0.1) is 0 Å². The molecular formula is C20H28F3N3O3. The van der Waals surface area contributed by atoms with E-state index in [1.807, 2.05) is 0 Å². The van der Waals surface area contributed by atoms with Gasteiger partial charge in [-0.25, -0.2) is 0 Å². The van der Waals surface area contributed by atoms with Gasteiger partial charge in [-0.2, -0.15) is 0 Å². The third kappa shape index (κ3) is 7.23. The fourth-order valence-electron chi connectivity index (χ4n) is 2.93. The molecule has 2 rings (SSSR count). The van der Waals surface area contributed by atoms with Gasteiger partial charge < -0.3 is 15.0 Å². The molecule has 0 bridgehead atoms. The molecule has 6 nitrogen and oxygen atoms in total. The lowest BCUT2D eigenvalue weighted by molar-refractivity contribution is -0.274. The Balaban J connectivity index is 1.81. The van der Waals surface area contributed by atoms with E-state index in [1.54, 1.807) is 44.7 Å². The highest BCUT2D eigenvalue weighted by Gasteiger charge is 2.31. The van der Waals surface area contributed by atoms with Crippen LogP contribution in [0, 0.1) is 5.41 Å². The second-order valence-corrected chi connectivity index (χ2v) is 8.24. The molecule has 1 aromatic carbocycles. The van der Waals surface area contributed by atoms with Crippen molar-refractivity contribution in [1.29, 1.82) is 0 Å². The maximum Gasteiger partial charge on any atom is 0.573 e. The molecule has 0 aromatic heterocycles. The average molecular weight is 415 g/mol. The largest absolute Gasteiger partial charge is 0.573 e. The molecule has 1 heterocycles. The SMILES string of the molecule is CC(NC(=O)C(C)(C)C)C(=O)N1CCN(Cc2ccc(OC(F)(F)F)cc2)CC1. The number of alkyl halides is 3. The molecule has 1 unspecified atom stereocenters. The van der Waals surface area contributed by atoms with Gasteiger partial charge in [0.1, 0.15) is 11.8 Å². The van der Waals surface area contributed by atoms with Crippen molar-refractivity contribution in [2.75, 3.05) is 26.2 Å². The van der Waals surface area contributed by atoms with Gasteiger partial charge >= 0.3 is 6.36 Å². The van der Waals surface area contributed by atoms with Crippen LogP contribution in [0.5, 0.6) is 5.75 Å². The molecule has 0 spiro atoms. The topological polar surface area (TPSA) is 61.9 Å². The van der Waals surface area contributed by atoms with Crippen LogP contribution in [0.1, 0.15) is 33.3 Å². The molecular weight excluding hydrogens is 387 g/mol. The first kappa shape index (κ1) is 23.0. The molecule has 1 fully saturated rings. The van der Waals surface area contributed by atoms with E-state index in [2.05, 4.69) is 15.0 Å². The fourth-order valence-corrected chi connectivity index (χ4v) is 2.93. The first-order valence-corrected chi connectivity index (χ1v) is 9.52. The molecule has 0 saturated carbocycles. The van der Waals surface area contributed by atoms with Crippen LogP contribution in [0.15, 0.2) is 24.3 Å². The standard InChI is InChI=1S/C20H28F3N3O3/c1-14(24-18(28)19(2,3)4)17(27)26-11-9-25(10-12-26)13-15-5-7-16(8-6-15)29-20(21,22)23/h5-8,14H,9-13H2,1-4H3,(H,24,28). The van der Waals surface area contributed by atoms with Gasteiger partial charge in [-0.1, -0.05) is 32.9 Å². The smallest absolute Gasteiger partial charge is 0.406 e. The summed E-state index contributed by atoms with van der Waals surface area (Å²) in [5, 5.41) is 2.75. The Labute approximate surface area is 169 Å². The van der Waals surface area contributed by atoms with Crippen LogP contribution in [0.2, 0.25) is 0 Å². The Morgan fingerprint density at radius 1 is 1.07 bits per heavy atom. The maximum absolute atomic E-state index is 12.6. The number of amides is 2. The zero-order valence-electron chi connectivity index (χ0n) is 17.2. The monoisotopic (exact) mass is 415 g/mol. The first-order chi connectivity index (χ1) is 13.3. The zero-order valence-corrected chi connectivity index (χ0v) is 17.2. The Bertz CT molecular complexity index is 706. The molecule has 1 aromatic rings. The molecule has 1 atom stereocenters. The van der Waals surface area contributed by atoms with Crippen molar-refractivity contribution in [3.05, 3.63) is 29.8 Å². The molecule has 162 valence electrons. The van der Waals surface area contributed by atoms with Gasteiger partial charge in [0.25, 0.3) is 0 Å². The lowest BCUT2D eigenvalue weighted by Crippen LogP contribution is -2.54. The second kappa shape index (κ2) is 9.02. The molecule has 2 amide bonds. The number of ether oxygens (including phenoxy) is 1. The van der Waals surface area contributed by atoms with E-state index < -0.39 is 17.8 Å². The second-order valence-electron chi connectivity index (χ2n) is 8.24. The van der Waals surface area contributed by atoms with Gasteiger partial charge in [-0.15, -0.1) is 13.2 Å². The highest BCUT2D eigenvalue weighted by Crippen LogP contribution is 2.23. The number of halogens is 3. The van der Waals surface area contributed by atoms with E-state index in [-0.39, 0.29) is 17.6 Å². The molecule has 1 aliphatic rings. The molecule has 9 heteroatoms. The van der Waals surface area contributed by atoms with E-state index in [4.69, 9.17) is 0 Å². The van der Waals surface area contributed by atoms with E-state index in [9.17, 15) is 22.8 Å². The van der Waals surface area contributed by atoms with Crippen molar-refractivity contribution < 1.29 is 27.5 Å². The van der Waals surface area contributed by atoms with Crippen molar-refractivity contribution in [2.45, 2.75) is 46.6 Å². The third-order valence-electron chi connectivity index (χ3n) is 4.65. The van der Waals surface area contributed by atoms with E-state index in [0.29, 0.717) is 32.7 Å². The minimum absolute atomic E-state index is 0.115. The van der Waals surface area contributed by atoms with E-state index in [0.717, 1.165) is 5.56 Å². The van der Waals surface area contributed by atoms with Crippen molar-refractivity contribution >= 4 is 11.8 Å². The molecule has 29 heavy (non-hydrogen) atoms. The van der Waals surface area contributed by atoms with Crippen molar-refractivity contribution in [2.24, 2.45) is 5.41 Å². The quantitative estimate of drug-likeness (QED) is 0.804. The van der Waals surface area contributed by atoms with Crippen LogP contribution < -0.4 is 10.1 Å². The summed E-state index contributed by atoms with van der Waals surface area (Å²) in [4.78, 5) is 28.5. The average Bonchev–Trinajstić information content (AvgIpc) is 2.61. The number of hydrogen-bond acceptors (Lipinski definition) is 4. The third-order valence-corrected chi connectivity index (χ3v) is 4.65. The van der Waals surface area contributed by atoms with Crippen LogP contribution in [-0.2, 0) is 16.1 Å². The van der Waals surface area contributed by atoms with Crippen LogP contribution in [0.3, 0.4) is 0 Å². The van der Waals surface area contributed by atoms with Gasteiger partial charge in [0.2, 0.25) is 11.8 Å². The Kier molecular flexibility index (Phi) is 7.15. The van der Waals surface area contributed by atoms with Crippen molar-refractivity contribution in [1.82, 2.24) is 15.1 Å². The number of nitrogens with one attached hydrogen (secondary N) is 1. The Morgan fingerprint density at radius 2 is 1.62 bits per heavy atom. The summed E-state index contributed by atoms with van der Waals surface area (Å²) in [6.07, 6.45) is -4.70. The highest BCUT2D eigenvalue weighted by molar-refractivity contribution is 5.89. The number of nitrogens with zero attached hydrogens (tertiary/aromatic N) is 2. The summed E-state index contributed by atoms with van der Waals surface area (Å²) in [6.45, 7) is 9.99. The lowest BCUT2D eigenvalue weighted by atomic mass is 9.95. The van der Waals surface area contributed by atoms with Gasteiger partial charge in [0.15, 0.2) is 0 Å². The Morgan fingerprint density at radius 3 is 2.10 bits per heavy atom. The van der Waals surface area contributed by atoms with E-state index >= 15 is 0 Å². The number of carbonyl (C=O) groups excluding carboxylic acids is 2. The fraction of sp³-hybridized carbons (Fsp3) is 0.600. The number of benzene rings is 1. The molecule has 1 N–H and O–H groups in total. The number of hydrogen-bond donors (Lipinski definition) is 1.